The van der Waals surface area contributed by atoms with Crippen molar-refractivity contribution in [2.75, 3.05) is 13.2 Å². The van der Waals surface area contributed by atoms with Gasteiger partial charge in [0, 0.05) is 19.2 Å². The minimum Gasteiger partial charge on any atom is -0.396 e. The molecule has 1 aliphatic carbocycles. The molecule has 1 aromatic carbocycles. The van der Waals surface area contributed by atoms with E-state index in [2.05, 4.69) is 56.4 Å². The standard InChI is InChI=1S/C18H29NO/c1-15(19-14-18(9-10-18)11-12-20)13-17(2,3)16-7-5-4-6-8-16/h4-8,15,19-20H,9-14H2,1-3H3. The quantitative estimate of drug-likeness (QED) is 0.761. The molecule has 1 unspecified atom stereocenters. The highest BCUT2D eigenvalue weighted by molar-refractivity contribution is 5.23. The van der Waals surface area contributed by atoms with E-state index in [4.69, 9.17) is 5.11 Å². The summed E-state index contributed by atoms with van der Waals surface area (Å²) in [7, 11) is 0. The van der Waals surface area contributed by atoms with Crippen molar-refractivity contribution in [1.82, 2.24) is 5.32 Å². The lowest BCUT2D eigenvalue weighted by Crippen LogP contribution is -2.37. The first-order chi connectivity index (χ1) is 9.47. The lowest BCUT2D eigenvalue weighted by Gasteiger charge is -2.30. The lowest BCUT2D eigenvalue weighted by atomic mass is 9.79. The zero-order valence-electron chi connectivity index (χ0n) is 13.2. The Balaban J connectivity index is 1.83. The number of benzene rings is 1. The predicted molar refractivity (Wildman–Crippen MR) is 84.9 cm³/mol. The molecule has 0 spiro atoms. The first kappa shape index (κ1) is 15.5. The Morgan fingerprint density at radius 2 is 1.90 bits per heavy atom. The summed E-state index contributed by atoms with van der Waals surface area (Å²) in [6, 6.07) is 11.3. The average Bonchev–Trinajstić information content (AvgIpc) is 3.18. The van der Waals surface area contributed by atoms with Gasteiger partial charge < -0.3 is 10.4 Å². The third kappa shape index (κ3) is 4.07. The van der Waals surface area contributed by atoms with Crippen LogP contribution in [0.4, 0.5) is 0 Å². The molecule has 0 bridgehead atoms. The Morgan fingerprint density at radius 1 is 1.25 bits per heavy atom. The van der Waals surface area contributed by atoms with Crippen LogP contribution in [-0.2, 0) is 5.41 Å². The first-order valence-electron chi connectivity index (χ1n) is 7.87. The van der Waals surface area contributed by atoms with Gasteiger partial charge in [0.1, 0.15) is 0 Å². The Hall–Kier alpha value is -0.860. The number of hydrogen-bond acceptors (Lipinski definition) is 2. The van der Waals surface area contributed by atoms with E-state index in [-0.39, 0.29) is 5.41 Å². The average molecular weight is 275 g/mol. The fraction of sp³-hybridized carbons (Fsp3) is 0.667. The van der Waals surface area contributed by atoms with Gasteiger partial charge in [0.25, 0.3) is 0 Å². The van der Waals surface area contributed by atoms with E-state index in [9.17, 15) is 0 Å². The fourth-order valence-corrected chi connectivity index (χ4v) is 3.16. The minimum atomic E-state index is 0.196. The molecule has 2 nitrogen and oxygen atoms in total. The topological polar surface area (TPSA) is 32.3 Å². The highest BCUT2D eigenvalue weighted by atomic mass is 16.3. The van der Waals surface area contributed by atoms with Crippen molar-refractivity contribution in [2.45, 2.75) is 57.9 Å². The second kappa shape index (κ2) is 6.28. The minimum absolute atomic E-state index is 0.196. The van der Waals surface area contributed by atoms with E-state index < -0.39 is 0 Å². The van der Waals surface area contributed by atoms with Gasteiger partial charge in [0.05, 0.1) is 0 Å². The van der Waals surface area contributed by atoms with Gasteiger partial charge in [-0.3, -0.25) is 0 Å². The van der Waals surface area contributed by atoms with Crippen molar-refractivity contribution >= 4 is 0 Å². The van der Waals surface area contributed by atoms with Crippen LogP contribution in [0.2, 0.25) is 0 Å². The van der Waals surface area contributed by atoms with E-state index >= 15 is 0 Å². The maximum Gasteiger partial charge on any atom is 0.0436 e. The van der Waals surface area contributed by atoms with E-state index in [1.165, 1.54) is 18.4 Å². The van der Waals surface area contributed by atoms with Gasteiger partial charge in [0.2, 0.25) is 0 Å². The van der Waals surface area contributed by atoms with Crippen LogP contribution in [0.25, 0.3) is 0 Å². The van der Waals surface area contributed by atoms with Crippen molar-refractivity contribution in [3.8, 4) is 0 Å². The molecule has 1 saturated carbocycles. The second-order valence-corrected chi connectivity index (χ2v) is 7.21. The number of aliphatic hydroxyl groups excluding tert-OH is 1. The van der Waals surface area contributed by atoms with E-state index in [1.54, 1.807) is 0 Å². The maximum atomic E-state index is 9.11. The van der Waals surface area contributed by atoms with Crippen molar-refractivity contribution in [2.24, 2.45) is 5.41 Å². The summed E-state index contributed by atoms with van der Waals surface area (Å²) >= 11 is 0. The molecule has 2 rings (SSSR count). The first-order valence-corrected chi connectivity index (χ1v) is 7.87. The molecule has 20 heavy (non-hydrogen) atoms. The third-order valence-electron chi connectivity index (χ3n) is 4.80. The Labute approximate surface area is 123 Å². The highest BCUT2D eigenvalue weighted by Crippen LogP contribution is 2.48. The largest absolute Gasteiger partial charge is 0.396 e. The number of aliphatic hydroxyl groups is 1. The molecular formula is C18H29NO. The highest BCUT2D eigenvalue weighted by Gasteiger charge is 2.41. The summed E-state index contributed by atoms with van der Waals surface area (Å²) in [5.41, 5.74) is 2.01. The number of hydrogen-bond donors (Lipinski definition) is 2. The van der Waals surface area contributed by atoms with Gasteiger partial charge >= 0.3 is 0 Å². The Bertz CT molecular complexity index is 409. The molecule has 1 atom stereocenters. The van der Waals surface area contributed by atoms with Crippen LogP contribution >= 0.6 is 0 Å². The number of rotatable bonds is 8. The summed E-state index contributed by atoms with van der Waals surface area (Å²) < 4.78 is 0. The molecule has 112 valence electrons. The summed E-state index contributed by atoms with van der Waals surface area (Å²) in [4.78, 5) is 0. The van der Waals surface area contributed by atoms with Crippen molar-refractivity contribution < 1.29 is 5.11 Å². The van der Waals surface area contributed by atoms with Gasteiger partial charge in [0.15, 0.2) is 0 Å². The SMILES string of the molecule is CC(CC(C)(C)c1ccccc1)NCC1(CCO)CC1. The van der Waals surface area contributed by atoms with Gasteiger partial charge in [-0.05, 0) is 49.0 Å². The normalized spacial score (nSPS) is 18.8. The van der Waals surface area contributed by atoms with Crippen molar-refractivity contribution in [3.63, 3.8) is 0 Å². The molecule has 0 radical (unpaired) electrons. The van der Waals surface area contributed by atoms with Gasteiger partial charge in [-0.2, -0.15) is 0 Å². The molecule has 0 heterocycles. The molecule has 1 fully saturated rings. The molecule has 0 aromatic heterocycles. The van der Waals surface area contributed by atoms with Crippen LogP contribution in [-0.4, -0.2) is 24.3 Å². The summed E-state index contributed by atoms with van der Waals surface area (Å²) in [5, 5.41) is 12.8. The summed E-state index contributed by atoms with van der Waals surface area (Å²) in [6.07, 6.45) is 4.63. The van der Waals surface area contributed by atoms with Crippen LogP contribution in [0.15, 0.2) is 30.3 Å². The van der Waals surface area contributed by atoms with Crippen LogP contribution in [0.3, 0.4) is 0 Å². The van der Waals surface area contributed by atoms with Crippen LogP contribution in [0.5, 0.6) is 0 Å². The predicted octanol–water partition coefficient (Wildman–Crippen LogP) is 3.50. The zero-order chi connectivity index (χ0) is 14.6. The maximum absolute atomic E-state index is 9.11. The molecule has 2 N–H and O–H groups in total. The van der Waals surface area contributed by atoms with Gasteiger partial charge in [-0.15, -0.1) is 0 Å². The van der Waals surface area contributed by atoms with Crippen molar-refractivity contribution in [1.29, 1.82) is 0 Å². The van der Waals surface area contributed by atoms with E-state index in [0.29, 0.717) is 18.1 Å². The van der Waals surface area contributed by atoms with Crippen LogP contribution in [0.1, 0.15) is 52.0 Å². The molecule has 1 aliphatic rings. The molecule has 0 saturated heterocycles. The molecular weight excluding hydrogens is 246 g/mol. The number of nitrogens with one attached hydrogen (secondary N) is 1. The van der Waals surface area contributed by atoms with E-state index in [0.717, 1.165) is 19.4 Å². The Kier molecular flexibility index (Phi) is 4.87. The molecule has 1 aromatic rings. The van der Waals surface area contributed by atoms with Crippen LogP contribution in [0, 0.1) is 5.41 Å². The van der Waals surface area contributed by atoms with Crippen molar-refractivity contribution in [3.05, 3.63) is 35.9 Å². The summed E-state index contributed by atoms with van der Waals surface area (Å²) in [5.74, 6) is 0. The monoisotopic (exact) mass is 275 g/mol. The smallest absolute Gasteiger partial charge is 0.0436 e. The van der Waals surface area contributed by atoms with Crippen LogP contribution < -0.4 is 5.32 Å². The third-order valence-corrected chi connectivity index (χ3v) is 4.80. The molecule has 2 heteroatoms. The van der Waals surface area contributed by atoms with Gasteiger partial charge in [-0.1, -0.05) is 44.2 Å². The Morgan fingerprint density at radius 3 is 2.45 bits per heavy atom. The van der Waals surface area contributed by atoms with Gasteiger partial charge in [-0.25, -0.2) is 0 Å². The van der Waals surface area contributed by atoms with E-state index in [1.807, 2.05) is 0 Å². The molecule has 0 aliphatic heterocycles. The fourth-order valence-electron chi connectivity index (χ4n) is 3.16. The summed E-state index contributed by atoms with van der Waals surface area (Å²) in [6.45, 7) is 8.30. The molecule has 0 amide bonds. The lowest BCUT2D eigenvalue weighted by molar-refractivity contribution is 0.240. The second-order valence-electron chi connectivity index (χ2n) is 7.21. The zero-order valence-corrected chi connectivity index (χ0v) is 13.2.